The first-order valence-corrected chi connectivity index (χ1v) is 9.38. The molecule has 5 heteroatoms. The van der Waals surface area contributed by atoms with Crippen molar-refractivity contribution in [3.05, 3.63) is 41.7 Å². The second-order valence-corrected chi connectivity index (χ2v) is 7.41. The topological polar surface area (TPSA) is 51.7 Å². The van der Waals surface area contributed by atoms with Crippen LogP contribution in [0.15, 0.2) is 36.0 Å². The number of aromatic nitrogens is 1. The van der Waals surface area contributed by atoms with Crippen LogP contribution in [-0.2, 0) is 20.9 Å². The molecule has 134 valence electrons. The minimum atomic E-state index is -0.197. The lowest BCUT2D eigenvalue weighted by atomic mass is 9.83. The van der Waals surface area contributed by atoms with Gasteiger partial charge in [0.15, 0.2) is 0 Å². The summed E-state index contributed by atoms with van der Waals surface area (Å²) in [5.74, 6) is 0.213. The Morgan fingerprint density at radius 3 is 3.04 bits per heavy atom. The third-order valence-electron chi connectivity index (χ3n) is 5.45. The van der Waals surface area contributed by atoms with Gasteiger partial charge in [-0.15, -0.1) is 0 Å². The Morgan fingerprint density at radius 1 is 1.36 bits per heavy atom. The molecule has 1 aromatic rings. The molecule has 1 aliphatic carbocycles. The number of rotatable bonds is 4. The fourth-order valence-electron chi connectivity index (χ4n) is 4.06. The predicted octanol–water partition coefficient (Wildman–Crippen LogP) is 2.86. The van der Waals surface area contributed by atoms with E-state index in [1.165, 1.54) is 6.42 Å². The average molecular weight is 342 g/mol. The van der Waals surface area contributed by atoms with E-state index in [1.54, 1.807) is 6.20 Å². The molecule has 1 atom stereocenters. The summed E-state index contributed by atoms with van der Waals surface area (Å²) < 4.78 is 12.1. The molecule has 0 radical (unpaired) electrons. The highest BCUT2D eigenvalue weighted by atomic mass is 16.5. The molecule has 1 aromatic heterocycles. The molecule has 2 aliphatic heterocycles. The van der Waals surface area contributed by atoms with E-state index in [1.807, 2.05) is 23.1 Å². The third-order valence-corrected chi connectivity index (χ3v) is 5.45. The van der Waals surface area contributed by atoms with Crippen molar-refractivity contribution >= 4 is 5.91 Å². The van der Waals surface area contributed by atoms with Crippen molar-refractivity contribution in [2.45, 2.75) is 56.8 Å². The molecule has 25 heavy (non-hydrogen) atoms. The first kappa shape index (κ1) is 16.7. The lowest BCUT2D eigenvalue weighted by molar-refractivity contribution is -0.200. The molecular weight excluding hydrogens is 316 g/mol. The SMILES string of the molecule is O=C(C1=CCCCC1)N1CC2(CC(OCc3ccccn3)CCO2)C1. The van der Waals surface area contributed by atoms with Crippen molar-refractivity contribution < 1.29 is 14.3 Å². The number of ether oxygens (including phenoxy) is 2. The van der Waals surface area contributed by atoms with Gasteiger partial charge in [0, 0.05) is 24.8 Å². The van der Waals surface area contributed by atoms with Gasteiger partial charge < -0.3 is 14.4 Å². The Morgan fingerprint density at radius 2 is 2.28 bits per heavy atom. The van der Waals surface area contributed by atoms with Crippen molar-refractivity contribution in [1.82, 2.24) is 9.88 Å². The fourth-order valence-corrected chi connectivity index (χ4v) is 4.06. The van der Waals surface area contributed by atoms with Gasteiger partial charge in [-0.2, -0.15) is 0 Å². The monoisotopic (exact) mass is 342 g/mol. The van der Waals surface area contributed by atoms with Gasteiger partial charge in [-0.1, -0.05) is 12.1 Å². The van der Waals surface area contributed by atoms with E-state index in [4.69, 9.17) is 9.47 Å². The van der Waals surface area contributed by atoms with Crippen LogP contribution in [0.2, 0.25) is 0 Å². The zero-order chi connectivity index (χ0) is 17.1. The molecular formula is C20H26N2O3. The molecule has 0 N–H and O–H groups in total. The molecule has 5 nitrogen and oxygen atoms in total. The van der Waals surface area contributed by atoms with E-state index in [9.17, 15) is 4.79 Å². The second-order valence-electron chi connectivity index (χ2n) is 7.41. The molecule has 1 spiro atoms. The average Bonchev–Trinajstić information content (AvgIpc) is 2.65. The normalized spacial score (nSPS) is 25.4. The minimum absolute atomic E-state index is 0.182. The molecule has 2 fully saturated rings. The Balaban J connectivity index is 1.29. The van der Waals surface area contributed by atoms with Gasteiger partial charge >= 0.3 is 0 Å². The van der Waals surface area contributed by atoms with Crippen molar-refractivity contribution in [3.63, 3.8) is 0 Å². The predicted molar refractivity (Wildman–Crippen MR) is 93.9 cm³/mol. The van der Waals surface area contributed by atoms with Crippen LogP contribution >= 0.6 is 0 Å². The van der Waals surface area contributed by atoms with Gasteiger partial charge in [-0.3, -0.25) is 9.78 Å². The zero-order valence-corrected chi connectivity index (χ0v) is 14.7. The summed E-state index contributed by atoms with van der Waals surface area (Å²) in [5.41, 5.74) is 1.76. The van der Waals surface area contributed by atoms with Crippen LogP contribution in [-0.4, -0.2) is 47.2 Å². The van der Waals surface area contributed by atoms with Crippen LogP contribution in [0.1, 0.15) is 44.2 Å². The molecule has 3 heterocycles. The molecule has 1 unspecified atom stereocenters. The van der Waals surface area contributed by atoms with Gasteiger partial charge in [0.1, 0.15) is 5.60 Å². The van der Waals surface area contributed by atoms with Crippen molar-refractivity contribution in [3.8, 4) is 0 Å². The van der Waals surface area contributed by atoms with Gasteiger partial charge in [0.05, 0.1) is 31.5 Å². The number of likely N-dealkylation sites (tertiary alicyclic amines) is 1. The second kappa shape index (κ2) is 7.26. The highest BCUT2D eigenvalue weighted by molar-refractivity contribution is 5.94. The third kappa shape index (κ3) is 3.77. The van der Waals surface area contributed by atoms with E-state index in [-0.39, 0.29) is 17.6 Å². The number of carbonyl (C=O) groups excluding carboxylic acids is 1. The summed E-state index contributed by atoms with van der Waals surface area (Å²) in [6.07, 6.45) is 10.2. The number of hydrogen-bond donors (Lipinski definition) is 0. The smallest absolute Gasteiger partial charge is 0.249 e. The van der Waals surface area contributed by atoms with Crippen LogP contribution in [0.5, 0.6) is 0 Å². The maximum atomic E-state index is 12.6. The Bertz CT molecular complexity index is 638. The minimum Gasteiger partial charge on any atom is -0.372 e. The highest BCUT2D eigenvalue weighted by Gasteiger charge is 2.49. The zero-order valence-electron chi connectivity index (χ0n) is 14.7. The first-order chi connectivity index (χ1) is 12.2. The fraction of sp³-hybridized carbons (Fsp3) is 0.600. The summed E-state index contributed by atoms with van der Waals surface area (Å²) in [7, 11) is 0. The van der Waals surface area contributed by atoms with Gasteiger partial charge in [-0.25, -0.2) is 0 Å². The van der Waals surface area contributed by atoms with E-state index >= 15 is 0 Å². The van der Waals surface area contributed by atoms with E-state index in [0.29, 0.717) is 26.3 Å². The first-order valence-electron chi connectivity index (χ1n) is 9.38. The lowest BCUT2D eigenvalue weighted by Crippen LogP contribution is -2.67. The summed E-state index contributed by atoms with van der Waals surface area (Å²) in [4.78, 5) is 18.8. The number of allylic oxidation sites excluding steroid dienone is 1. The number of pyridine rings is 1. The van der Waals surface area contributed by atoms with Crippen molar-refractivity contribution in [2.24, 2.45) is 0 Å². The maximum Gasteiger partial charge on any atom is 0.249 e. The quantitative estimate of drug-likeness (QED) is 0.844. The molecule has 2 saturated heterocycles. The van der Waals surface area contributed by atoms with Gasteiger partial charge in [0.2, 0.25) is 5.91 Å². The summed E-state index contributed by atoms with van der Waals surface area (Å²) in [6, 6.07) is 5.87. The number of amides is 1. The highest BCUT2D eigenvalue weighted by Crippen LogP contribution is 2.36. The summed E-state index contributed by atoms with van der Waals surface area (Å²) in [6.45, 7) is 2.65. The molecule has 3 aliphatic rings. The maximum absolute atomic E-state index is 12.6. The van der Waals surface area contributed by atoms with E-state index < -0.39 is 0 Å². The lowest BCUT2D eigenvalue weighted by Gasteiger charge is -2.53. The van der Waals surface area contributed by atoms with E-state index in [2.05, 4.69) is 11.1 Å². The summed E-state index contributed by atoms with van der Waals surface area (Å²) in [5, 5.41) is 0. The largest absolute Gasteiger partial charge is 0.372 e. The number of carbonyl (C=O) groups is 1. The molecule has 0 saturated carbocycles. The standard InChI is InChI=1S/C20H26N2O3/c23-19(16-6-2-1-3-7-16)22-14-20(15-22)12-18(9-11-25-20)24-13-17-8-4-5-10-21-17/h4-6,8,10,18H,1-3,7,9,11-15H2. The Hall–Kier alpha value is -1.72. The van der Waals surface area contributed by atoms with Crippen molar-refractivity contribution in [1.29, 1.82) is 0 Å². The molecule has 4 rings (SSSR count). The van der Waals surface area contributed by atoms with Crippen LogP contribution in [0.3, 0.4) is 0 Å². The Kier molecular flexibility index (Phi) is 4.86. The van der Waals surface area contributed by atoms with Crippen LogP contribution in [0.4, 0.5) is 0 Å². The van der Waals surface area contributed by atoms with Crippen LogP contribution in [0.25, 0.3) is 0 Å². The van der Waals surface area contributed by atoms with Gasteiger partial charge in [-0.05, 0) is 44.2 Å². The molecule has 0 bridgehead atoms. The van der Waals surface area contributed by atoms with Crippen LogP contribution < -0.4 is 0 Å². The number of nitrogens with zero attached hydrogens (tertiary/aromatic N) is 2. The van der Waals surface area contributed by atoms with Crippen molar-refractivity contribution in [2.75, 3.05) is 19.7 Å². The Labute approximate surface area is 149 Å². The van der Waals surface area contributed by atoms with E-state index in [0.717, 1.165) is 43.4 Å². The number of hydrogen-bond acceptors (Lipinski definition) is 4. The molecule has 0 aromatic carbocycles. The molecule has 1 amide bonds. The summed E-state index contributed by atoms with van der Waals surface area (Å²) >= 11 is 0. The van der Waals surface area contributed by atoms with Crippen LogP contribution in [0, 0.1) is 0 Å². The van der Waals surface area contributed by atoms with Gasteiger partial charge in [0.25, 0.3) is 0 Å².